The van der Waals surface area contributed by atoms with Crippen molar-refractivity contribution in [3.05, 3.63) is 43.8 Å². The van der Waals surface area contributed by atoms with E-state index in [1.807, 2.05) is 29.8 Å². The van der Waals surface area contributed by atoms with E-state index in [4.69, 9.17) is 0 Å². The van der Waals surface area contributed by atoms with Crippen molar-refractivity contribution in [2.45, 2.75) is 26.7 Å². The first-order valence-electron chi connectivity index (χ1n) is 6.15. The lowest BCUT2D eigenvalue weighted by Gasteiger charge is -1.95. The van der Waals surface area contributed by atoms with Crippen molar-refractivity contribution in [2.75, 3.05) is 0 Å². The summed E-state index contributed by atoms with van der Waals surface area (Å²) in [7, 11) is 0. The summed E-state index contributed by atoms with van der Waals surface area (Å²) >= 11 is 3.23. The molecule has 0 unspecified atom stereocenters. The molecule has 2 heterocycles. The summed E-state index contributed by atoms with van der Waals surface area (Å²) in [6.45, 7) is 4.16. The first-order valence-corrected chi connectivity index (χ1v) is 7.91. The Labute approximate surface area is 121 Å². The monoisotopic (exact) mass is 292 g/mol. The average Bonchev–Trinajstić information content (AvgIpc) is 3.00. The van der Waals surface area contributed by atoms with E-state index >= 15 is 0 Å². The standard InChI is InChI=1S/C14H16N2OS2/c1-3-4-12-7-11(9-19-12)14(17)16-15-8-13-10(2)5-6-18-13/h5-9H,3-4H2,1-2H3,(H,16,17). The summed E-state index contributed by atoms with van der Waals surface area (Å²) in [4.78, 5) is 14.2. The SMILES string of the molecule is CCCc1cc(C(=O)NN=Cc2sccc2C)cs1. The van der Waals surface area contributed by atoms with E-state index < -0.39 is 0 Å². The minimum absolute atomic E-state index is 0.149. The van der Waals surface area contributed by atoms with Crippen LogP contribution in [0.3, 0.4) is 0 Å². The van der Waals surface area contributed by atoms with Crippen molar-refractivity contribution in [1.29, 1.82) is 0 Å². The van der Waals surface area contributed by atoms with E-state index in [0.29, 0.717) is 5.56 Å². The maximum Gasteiger partial charge on any atom is 0.272 e. The first kappa shape index (κ1) is 14.0. The third kappa shape index (κ3) is 3.75. The largest absolute Gasteiger partial charge is 0.272 e. The number of hydrogen-bond acceptors (Lipinski definition) is 4. The molecule has 0 aliphatic carbocycles. The van der Waals surface area contributed by atoms with Gasteiger partial charge in [0.05, 0.1) is 11.8 Å². The Bertz CT molecular complexity index is 584. The third-order valence-electron chi connectivity index (χ3n) is 2.66. The van der Waals surface area contributed by atoms with E-state index in [0.717, 1.165) is 17.7 Å². The number of amides is 1. The molecule has 0 aliphatic rings. The van der Waals surface area contributed by atoms with Crippen molar-refractivity contribution in [2.24, 2.45) is 5.10 Å². The Morgan fingerprint density at radius 1 is 1.47 bits per heavy atom. The number of carbonyl (C=O) groups excluding carboxylic acids is 1. The molecule has 100 valence electrons. The normalized spacial score (nSPS) is 11.1. The second-order valence-electron chi connectivity index (χ2n) is 4.22. The first-order chi connectivity index (χ1) is 9.20. The molecular formula is C14H16N2OS2. The lowest BCUT2D eigenvalue weighted by atomic mass is 10.2. The topological polar surface area (TPSA) is 41.5 Å². The van der Waals surface area contributed by atoms with Gasteiger partial charge in [-0.25, -0.2) is 5.43 Å². The molecule has 0 aliphatic heterocycles. The Morgan fingerprint density at radius 3 is 3.00 bits per heavy atom. The van der Waals surface area contributed by atoms with Gasteiger partial charge in [-0.15, -0.1) is 22.7 Å². The van der Waals surface area contributed by atoms with Gasteiger partial charge in [0.2, 0.25) is 0 Å². The molecule has 0 aromatic carbocycles. The van der Waals surface area contributed by atoms with Crippen LogP contribution in [-0.2, 0) is 6.42 Å². The quantitative estimate of drug-likeness (QED) is 0.660. The molecule has 1 amide bonds. The number of thiophene rings is 2. The zero-order valence-electron chi connectivity index (χ0n) is 11.0. The summed E-state index contributed by atoms with van der Waals surface area (Å²) < 4.78 is 0. The second kappa shape index (κ2) is 6.63. The van der Waals surface area contributed by atoms with Crippen molar-refractivity contribution < 1.29 is 4.79 Å². The molecule has 0 bridgehead atoms. The average molecular weight is 292 g/mol. The van der Waals surface area contributed by atoms with E-state index in [1.54, 1.807) is 28.9 Å². The van der Waals surface area contributed by atoms with E-state index in [1.165, 1.54) is 10.4 Å². The number of hydrazone groups is 1. The molecule has 5 heteroatoms. The highest BCUT2D eigenvalue weighted by atomic mass is 32.1. The van der Waals surface area contributed by atoms with Gasteiger partial charge >= 0.3 is 0 Å². The van der Waals surface area contributed by atoms with Crippen LogP contribution in [0.2, 0.25) is 0 Å². The zero-order valence-corrected chi connectivity index (χ0v) is 12.6. The highest BCUT2D eigenvalue weighted by Gasteiger charge is 2.07. The second-order valence-corrected chi connectivity index (χ2v) is 6.16. The molecule has 2 aromatic heterocycles. The third-order valence-corrected chi connectivity index (χ3v) is 4.61. The van der Waals surface area contributed by atoms with Crippen LogP contribution in [0.15, 0.2) is 28.0 Å². The maximum absolute atomic E-state index is 11.9. The smallest absolute Gasteiger partial charge is 0.267 e. The van der Waals surface area contributed by atoms with E-state index in [2.05, 4.69) is 17.5 Å². The summed E-state index contributed by atoms with van der Waals surface area (Å²) in [5.41, 5.74) is 4.42. The fraction of sp³-hybridized carbons (Fsp3) is 0.286. The molecule has 19 heavy (non-hydrogen) atoms. The fourth-order valence-electron chi connectivity index (χ4n) is 1.61. The van der Waals surface area contributed by atoms with Gasteiger partial charge in [0.15, 0.2) is 0 Å². The summed E-state index contributed by atoms with van der Waals surface area (Å²) in [5, 5.41) is 7.89. The van der Waals surface area contributed by atoms with Crippen molar-refractivity contribution in [3.8, 4) is 0 Å². The molecule has 0 saturated carbocycles. The van der Waals surface area contributed by atoms with Gasteiger partial charge in [-0.2, -0.15) is 5.10 Å². The molecule has 3 nitrogen and oxygen atoms in total. The van der Waals surface area contributed by atoms with Gasteiger partial charge in [-0.3, -0.25) is 4.79 Å². The van der Waals surface area contributed by atoms with Gasteiger partial charge in [0.25, 0.3) is 5.91 Å². The minimum atomic E-state index is -0.149. The Balaban J connectivity index is 1.93. The highest BCUT2D eigenvalue weighted by molar-refractivity contribution is 7.12. The number of rotatable bonds is 5. The van der Waals surface area contributed by atoms with Gasteiger partial charge in [0, 0.05) is 15.1 Å². The number of aryl methyl sites for hydroxylation is 2. The molecule has 0 radical (unpaired) electrons. The predicted octanol–water partition coefficient (Wildman–Crippen LogP) is 3.83. The highest BCUT2D eigenvalue weighted by Crippen LogP contribution is 2.16. The molecule has 0 atom stereocenters. The van der Waals surface area contributed by atoms with Crippen LogP contribution in [0.5, 0.6) is 0 Å². The van der Waals surface area contributed by atoms with Crippen LogP contribution in [0.4, 0.5) is 0 Å². The Hall–Kier alpha value is -1.46. The summed E-state index contributed by atoms with van der Waals surface area (Å²) in [6.07, 6.45) is 3.81. The molecule has 0 spiro atoms. The number of nitrogens with zero attached hydrogens (tertiary/aromatic N) is 1. The lowest BCUT2D eigenvalue weighted by molar-refractivity contribution is 0.0955. The van der Waals surface area contributed by atoms with Crippen LogP contribution in [0, 0.1) is 6.92 Å². The molecule has 2 aromatic rings. The maximum atomic E-state index is 11.9. The Morgan fingerprint density at radius 2 is 2.32 bits per heavy atom. The van der Waals surface area contributed by atoms with Crippen molar-refractivity contribution in [3.63, 3.8) is 0 Å². The molecule has 2 rings (SSSR count). The summed E-state index contributed by atoms with van der Waals surface area (Å²) in [6, 6.07) is 3.97. The van der Waals surface area contributed by atoms with Crippen LogP contribution >= 0.6 is 22.7 Å². The van der Waals surface area contributed by atoms with Crippen LogP contribution in [0.1, 0.15) is 39.0 Å². The summed E-state index contributed by atoms with van der Waals surface area (Å²) in [5.74, 6) is -0.149. The fourth-order valence-corrected chi connectivity index (χ4v) is 3.36. The molecular weight excluding hydrogens is 276 g/mol. The number of carbonyl (C=O) groups is 1. The lowest BCUT2D eigenvalue weighted by Crippen LogP contribution is -2.16. The van der Waals surface area contributed by atoms with Crippen molar-refractivity contribution in [1.82, 2.24) is 5.43 Å². The Kier molecular flexibility index (Phi) is 4.87. The van der Waals surface area contributed by atoms with Gasteiger partial charge in [-0.05, 0) is 36.4 Å². The van der Waals surface area contributed by atoms with Gasteiger partial charge in [-0.1, -0.05) is 13.3 Å². The van der Waals surface area contributed by atoms with Crippen molar-refractivity contribution >= 4 is 34.8 Å². The minimum Gasteiger partial charge on any atom is -0.267 e. The number of nitrogens with one attached hydrogen (secondary N) is 1. The molecule has 1 N–H and O–H groups in total. The van der Waals surface area contributed by atoms with Crippen LogP contribution in [-0.4, -0.2) is 12.1 Å². The molecule has 0 saturated heterocycles. The molecule has 0 fully saturated rings. The van der Waals surface area contributed by atoms with Crippen LogP contribution in [0.25, 0.3) is 0 Å². The zero-order chi connectivity index (χ0) is 13.7. The van der Waals surface area contributed by atoms with E-state index in [-0.39, 0.29) is 5.91 Å². The predicted molar refractivity (Wildman–Crippen MR) is 82.4 cm³/mol. The van der Waals surface area contributed by atoms with Gasteiger partial charge < -0.3 is 0 Å². The van der Waals surface area contributed by atoms with Crippen LogP contribution < -0.4 is 5.43 Å². The van der Waals surface area contributed by atoms with E-state index in [9.17, 15) is 4.79 Å². The van der Waals surface area contributed by atoms with Gasteiger partial charge in [0.1, 0.15) is 0 Å². The number of hydrogen-bond donors (Lipinski definition) is 1.